The van der Waals surface area contributed by atoms with Crippen LogP contribution in [-0.2, 0) is 0 Å². The molecular weight excluding hydrogens is 697 g/mol. The topological polar surface area (TPSA) is 29.3 Å². The zero-order chi connectivity index (χ0) is 35.6. The van der Waals surface area contributed by atoms with Crippen LogP contribution in [0, 0.1) is 0 Å². The van der Waals surface area contributed by atoms with Gasteiger partial charge in [0.05, 0.1) is 10.4 Å². The number of benzene rings is 8. The first kappa shape index (κ1) is 31.0. The summed E-state index contributed by atoms with van der Waals surface area (Å²) in [5.41, 5.74) is 10.7. The molecule has 3 nitrogen and oxygen atoms in total. The summed E-state index contributed by atoms with van der Waals surface area (Å²) in [5, 5.41) is 4.92. The van der Waals surface area contributed by atoms with Gasteiger partial charge in [0.1, 0.15) is 5.52 Å². The molecule has 0 aliphatic heterocycles. The molecule has 11 aromatic rings. The lowest BCUT2D eigenvalue weighted by Crippen LogP contribution is -2.10. The van der Waals surface area contributed by atoms with Crippen molar-refractivity contribution in [1.82, 2.24) is 4.98 Å². The molecule has 3 aromatic heterocycles. The maximum absolute atomic E-state index is 6.51. The molecule has 54 heavy (non-hydrogen) atoms. The summed E-state index contributed by atoms with van der Waals surface area (Å²) in [7, 11) is 0. The molecule has 254 valence electrons. The van der Waals surface area contributed by atoms with Crippen LogP contribution in [0.5, 0.6) is 0 Å². The summed E-state index contributed by atoms with van der Waals surface area (Å²) in [6.07, 6.45) is 0. The molecule has 0 saturated carbocycles. The van der Waals surface area contributed by atoms with Crippen LogP contribution in [0.4, 0.5) is 17.1 Å². The quantitative estimate of drug-likeness (QED) is 0.171. The summed E-state index contributed by atoms with van der Waals surface area (Å²) >= 11 is 3.67. The maximum atomic E-state index is 6.51. The molecule has 0 bridgehead atoms. The minimum absolute atomic E-state index is 0.638. The second kappa shape index (κ2) is 12.6. The Balaban J connectivity index is 1.08. The summed E-state index contributed by atoms with van der Waals surface area (Å²) in [6, 6.07) is 64.9. The van der Waals surface area contributed by atoms with E-state index in [2.05, 4.69) is 157 Å². The van der Waals surface area contributed by atoms with E-state index in [0.29, 0.717) is 5.89 Å². The van der Waals surface area contributed by atoms with E-state index in [1.807, 2.05) is 53.0 Å². The van der Waals surface area contributed by atoms with Gasteiger partial charge >= 0.3 is 0 Å². The number of rotatable bonds is 6. The lowest BCUT2D eigenvalue weighted by Gasteiger charge is -2.26. The van der Waals surface area contributed by atoms with Gasteiger partial charge in [0.25, 0.3) is 0 Å². The van der Waals surface area contributed by atoms with E-state index in [1.54, 1.807) is 0 Å². The number of thiophene rings is 2. The minimum Gasteiger partial charge on any atom is -0.436 e. The Morgan fingerprint density at radius 3 is 1.72 bits per heavy atom. The summed E-state index contributed by atoms with van der Waals surface area (Å²) < 4.78 is 11.5. The van der Waals surface area contributed by atoms with Crippen molar-refractivity contribution >= 4 is 91.2 Å². The third-order valence-electron chi connectivity index (χ3n) is 10.3. The number of aromatic nitrogens is 1. The van der Waals surface area contributed by atoms with E-state index in [9.17, 15) is 0 Å². The van der Waals surface area contributed by atoms with Gasteiger partial charge in [-0.3, -0.25) is 0 Å². The lowest BCUT2D eigenvalue weighted by molar-refractivity contribution is 0.620. The second-order valence-electron chi connectivity index (χ2n) is 13.5. The highest BCUT2D eigenvalue weighted by Crippen LogP contribution is 2.47. The molecule has 0 spiro atoms. The highest BCUT2D eigenvalue weighted by atomic mass is 32.1. The van der Waals surface area contributed by atoms with Crippen molar-refractivity contribution < 1.29 is 4.42 Å². The van der Waals surface area contributed by atoms with Crippen molar-refractivity contribution in [2.75, 3.05) is 4.90 Å². The zero-order valence-corrected chi connectivity index (χ0v) is 30.6. The highest BCUT2D eigenvalue weighted by molar-refractivity contribution is 7.27. The van der Waals surface area contributed by atoms with Gasteiger partial charge in [0.15, 0.2) is 5.58 Å². The molecule has 0 N–H and O–H groups in total. The highest BCUT2D eigenvalue weighted by Gasteiger charge is 2.21. The van der Waals surface area contributed by atoms with Gasteiger partial charge in [-0.2, -0.15) is 0 Å². The largest absolute Gasteiger partial charge is 0.436 e. The number of hydrogen-bond donors (Lipinski definition) is 0. The fourth-order valence-electron chi connectivity index (χ4n) is 7.75. The summed E-state index contributed by atoms with van der Waals surface area (Å²) in [5.74, 6) is 0.638. The Kier molecular flexibility index (Phi) is 7.22. The smallest absolute Gasteiger partial charge is 0.227 e. The Labute approximate surface area is 319 Å². The minimum atomic E-state index is 0.638. The van der Waals surface area contributed by atoms with Crippen LogP contribution >= 0.6 is 22.7 Å². The van der Waals surface area contributed by atoms with Crippen LogP contribution in [-0.4, -0.2) is 4.98 Å². The van der Waals surface area contributed by atoms with Crippen LogP contribution in [0.1, 0.15) is 0 Å². The van der Waals surface area contributed by atoms with Gasteiger partial charge in [-0.25, -0.2) is 4.98 Å². The molecular formula is C49H30N2OS2. The van der Waals surface area contributed by atoms with Crippen molar-refractivity contribution in [2.24, 2.45) is 0 Å². The molecule has 0 amide bonds. The van der Waals surface area contributed by atoms with Crippen LogP contribution in [0.3, 0.4) is 0 Å². The number of anilines is 3. The van der Waals surface area contributed by atoms with Gasteiger partial charge < -0.3 is 9.32 Å². The van der Waals surface area contributed by atoms with Crippen LogP contribution in [0.2, 0.25) is 0 Å². The van der Waals surface area contributed by atoms with Gasteiger partial charge in [-0.05, 0) is 77.4 Å². The van der Waals surface area contributed by atoms with Crippen molar-refractivity contribution in [1.29, 1.82) is 0 Å². The Bertz CT molecular complexity index is 3140. The van der Waals surface area contributed by atoms with Crippen molar-refractivity contribution in [3.8, 4) is 33.7 Å². The predicted octanol–water partition coefficient (Wildman–Crippen LogP) is 15.0. The van der Waals surface area contributed by atoms with Crippen LogP contribution in [0.25, 0.3) is 85.2 Å². The SMILES string of the molecule is c1ccc(-c2ccc(N(c3ccc(-c4cc5oc(-c6ccccc6)nc5c5c4sc4ccccc45)cc3)c3cccc4c3sc3ccccc34)cc2)cc1. The normalized spacial score (nSPS) is 11.7. The summed E-state index contributed by atoms with van der Waals surface area (Å²) in [6.45, 7) is 0. The van der Waals surface area contributed by atoms with E-state index >= 15 is 0 Å². The number of nitrogens with zero attached hydrogens (tertiary/aromatic N) is 2. The first-order valence-electron chi connectivity index (χ1n) is 18.0. The first-order valence-corrected chi connectivity index (χ1v) is 19.7. The number of hydrogen-bond acceptors (Lipinski definition) is 5. The maximum Gasteiger partial charge on any atom is 0.227 e. The van der Waals surface area contributed by atoms with Crippen LogP contribution in [0.15, 0.2) is 186 Å². The van der Waals surface area contributed by atoms with Crippen molar-refractivity contribution in [3.05, 3.63) is 182 Å². The Morgan fingerprint density at radius 1 is 0.444 bits per heavy atom. The van der Waals surface area contributed by atoms with E-state index < -0.39 is 0 Å². The van der Waals surface area contributed by atoms with Gasteiger partial charge in [-0.1, -0.05) is 121 Å². The van der Waals surface area contributed by atoms with Gasteiger partial charge in [-0.15, -0.1) is 22.7 Å². The predicted molar refractivity (Wildman–Crippen MR) is 231 cm³/mol. The molecule has 0 atom stereocenters. The lowest BCUT2D eigenvalue weighted by atomic mass is 10.0. The Morgan fingerprint density at radius 2 is 1.00 bits per heavy atom. The molecule has 0 radical (unpaired) electrons. The number of oxazole rings is 1. The molecule has 0 aliphatic carbocycles. The summed E-state index contributed by atoms with van der Waals surface area (Å²) in [4.78, 5) is 7.47. The first-order chi connectivity index (χ1) is 26.8. The molecule has 5 heteroatoms. The molecule has 3 heterocycles. The monoisotopic (exact) mass is 726 g/mol. The number of fused-ring (bicyclic) bond motifs is 8. The molecule has 0 aliphatic rings. The third-order valence-corrected chi connectivity index (χ3v) is 12.7. The molecule has 11 rings (SSSR count). The third kappa shape index (κ3) is 5.05. The van der Waals surface area contributed by atoms with Crippen molar-refractivity contribution in [2.45, 2.75) is 0 Å². The average Bonchev–Trinajstić information content (AvgIpc) is 3.96. The van der Waals surface area contributed by atoms with E-state index in [-0.39, 0.29) is 0 Å². The molecule has 8 aromatic carbocycles. The average molecular weight is 727 g/mol. The standard InChI is InChI=1S/C49H30N2OS2/c1-3-12-31(13-4-1)32-22-26-35(27-23-32)51(41-19-11-18-38-37-16-7-9-20-43(37)53-47(38)41)36-28-24-33(25-29-36)40-30-42-46(50-49(52-42)34-14-5-2-6-15-34)45-39-17-8-10-21-44(39)54-48(40)45/h1-30H. The van der Waals surface area contributed by atoms with Crippen LogP contribution < -0.4 is 4.90 Å². The molecule has 0 fully saturated rings. The van der Waals surface area contributed by atoms with E-state index in [4.69, 9.17) is 9.40 Å². The Hall–Kier alpha value is -6.53. The van der Waals surface area contributed by atoms with Gasteiger partial charge in [0.2, 0.25) is 5.89 Å². The van der Waals surface area contributed by atoms with Gasteiger partial charge in [0, 0.05) is 58.1 Å². The fourth-order valence-corrected chi connectivity index (χ4v) is 10.2. The van der Waals surface area contributed by atoms with Crippen molar-refractivity contribution in [3.63, 3.8) is 0 Å². The molecule has 0 unspecified atom stereocenters. The molecule has 0 saturated heterocycles. The second-order valence-corrected chi connectivity index (χ2v) is 15.6. The zero-order valence-electron chi connectivity index (χ0n) is 28.9. The fraction of sp³-hybridized carbons (Fsp3) is 0. The van der Waals surface area contributed by atoms with E-state index in [1.165, 1.54) is 46.1 Å². The van der Waals surface area contributed by atoms with E-state index in [0.717, 1.165) is 50.2 Å².